The van der Waals surface area contributed by atoms with Gasteiger partial charge in [0, 0.05) is 9.86 Å². The first kappa shape index (κ1) is 18.3. The van der Waals surface area contributed by atoms with Crippen LogP contribution in [0.4, 0.5) is 0 Å². The fraction of sp³-hybridized carbons (Fsp3) is 0. The summed E-state index contributed by atoms with van der Waals surface area (Å²) in [6.07, 6.45) is 1.35. The maximum absolute atomic E-state index is 12.2. The van der Waals surface area contributed by atoms with Crippen LogP contribution in [0.3, 0.4) is 0 Å². The van der Waals surface area contributed by atoms with Gasteiger partial charge in [0.1, 0.15) is 5.58 Å². The fourth-order valence-corrected chi connectivity index (χ4v) is 3.91. The standard InChI is InChI=1S/C16H8Br2Cl2N2O3/c17-9-3-8-4-13(25-15(8)10(18)5-9)16(24)22-21-6-7-1-11(19)14(23)12(20)2-7/h1-6,23H,(H,22,24)/b21-6-. The lowest BCUT2D eigenvalue weighted by atomic mass is 10.2. The molecule has 3 rings (SSSR count). The molecule has 5 nitrogen and oxygen atoms in total. The molecule has 0 spiro atoms. The summed E-state index contributed by atoms with van der Waals surface area (Å²) in [5, 5.41) is 14.3. The van der Waals surface area contributed by atoms with Crippen molar-refractivity contribution in [3.63, 3.8) is 0 Å². The zero-order valence-corrected chi connectivity index (χ0v) is 16.9. The van der Waals surface area contributed by atoms with Crippen molar-refractivity contribution in [2.24, 2.45) is 5.10 Å². The van der Waals surface area contributed by atoms with Crippen molar-refractivity contribution in [1.82, 2.24) is 5.43 Å². The number of benzene rings is 2. The molecule has 0 unspecified atom stereocenters. The predicted molar refractivity (Wildman–Crippen MR) is 105 cm³/mol. The van der Waals surface area contributed by atoms with E-state index >= 15 is 0 Å². The zero-order valence-electron chi connectivity index (χ0n) is 12.2. The number of aromatic hydroxyl groups is 1. The molecule has 0 saturated carbocycles. The molecule has 0 fully saturated rings. The Hall–Kier alpha value is -1.54. The molecule has 1 amide bonds. The van der Waals surface area contributed by atoms with Crippen molar-refractivity contribution in [2.45, 2.75) is 0 Å². The topological polar surface area (TPSA) is 74.8 Å². The highest BCUT2D eigenvalue weighted by molar-refractivity contribution is 9.11. The van der Waals surface area contributed by atoms with E-state index in [-0.39, 0.29) is 21.6 Å². The maximum Gasteiger partial charge on any atom is 0.307 e. The monoisotopic (exact) mass is 504 g/mol. The molecule has 2 N–H and O–H groups in total. The maximum atomic E-state index is 12.2. The van der Waals surface area contributed by atoms with Gasteiger partial charge in [0.25, 0.3) is 0 Å². The number of carbonyl (C=O) groups excluding carboxylic acids is 1. The first-order valence-electron chi connectivity index (χ1n) is 6.75. The summed E-state index contributed by atoms with van der Waals surface area (Å²) in [6.45, 7) is 0. The third-order valence-electron chi connectivity index (χ3n) is 3.18. The van der Waals surface area contributed by atoms with Gasteiger partial charge in [-0.1, -0.05) is 39.1 Å². The summed E-state index contributed by atoms with van der Waals surface area (Å²) in [7, 11) is 0. The number of rotatable bonds is 3. The zero-order chi connectivity index (χ0) is 18.1. The minimum atomic E-state index is -0.508. The van der Waals surface area contributed by atoms with Crippen molar-refractivity contribution in [3.8, 4) is 5.75 Å². The second-order valence-corrected chi connectivity index (χ2v) is 7.53. The smallest absolute Gasteiger partial charge is 0.307 e. The largest absolute Gasteiger partial charge is 0.505 e. The van der Waals surface area contributed by atoms with Gasteiger partial charge in [-0.15, -0.1) is 0 Å². The summed E-state index contributed by atoms with van der Waals surface area (Å²) in [5.74, 6) is -0.595. The summed E-state index contributed by atoms with van der Waals surface area (Å²) >= 11 is 18.4. The molecule has 0 radical (unpaired) electrons. The van der Waals surface area contributed by atoms with Crippen molar-refractivity contribution in [3.05, 3.63) is 60.6 Å². The molecule has 9 heteroatoms. The Balaban J connectivity index is 1.78. The molecule has 25 heavy (non-hydrogen) atoms. The van der Waals surface area contributed by atoms with Gasteiger partial charge in [-0.05, 0) is 51.8 Å². The molecule has 3 aromatic rings. The third-order valence-corrected chi connectivity index (χ3v) is 4.80. The molecule has 1 aromatic heterocycles. The fourth-order valence-electron chi connectivity index (χ4n) is 2.07. The number of fused-ring (bicyclic) bond motifs is 1. The van der Waals surface area contributed by atoms with Gasteiger partial charge in [-0.25, -0.2) is 5.43 Å². The normalized spacial score (nSPS) is 11.4. The lowest BCUT2D eigenvalue weighted by Gasteiger charge is -2.01. The molecule has 0 aliphatic heterocycles. The van der Waals surface area contributed by atoms with Gasteiger partial charge in [0.2, 0.25) is 0 Å². The van der Waals surface area contributed by atoms with Gasteiger partial charge in [-0.2, -0.15) is 5.10 Å². The van der Waals surface area contributed by atoms with Crippen LogP contribution in [0.5, 0.6) is 5.75 Å². The number of hydrogen-bond acceptors (Lipinski definition) is 4. The van der Waals surface area contributed by atoms with Crippen LogP contribution in [0.15, 0.2) is 48.8 Å². The Morgan fingerprint density at radius 2 is 1.84 bits per heavy atom. The van der Waals surface area contributed by atoms with Crippen LogP contribution in [0.25, 0.3) is 11.0 Å². The lowest BCUT2D eigenvalue weighted by Crippen LogP contribution is -2.16. The van der Waals surface area contributed by atoms with Gasteiger partial charge in [-0.3, -0.25) is 4.79 Å². The molecule has 2 aromatic carbocycles. The molecule has 0 aliphatic rings. The minimum Gasteiger partial charge on any atom is -0.505 e. The van der Waals surface area contributed by atoms with Crippen LogP contribution in [0, 0.1) is 0 Å². The summed E-state index contributed by atoms with van der Waals surface area (Å²) in [5.41, 5.74) is 3.44. The molecular formula is C16H8Br2Cl2N2O3. The van der Waals surface area contributed by atoms with E-state index in [9.17, 15) is 9.90 Å². The average molecular weight is 507 g/mol. The number of nitrogens with one attached hydrogen (secondary N) is 1. The highest BCUT2D eigenvalue weighted by Gasteiger charge is 2.14. The van der Waals surface area contributed by atoms with Crippen LogP contribution in [0.2, 0.25) is 10.0 Å². The number of amides is 1. The number of nitrogens with zero attached hydrogens (tertiary/aromatic N) is 1. The first-order chi connectivity index (χ1) is 11.8. The van der Waals surface area contributed by atoms with E-state index in [1.807, 2.05) is 12.1 Å². The number of hydrazone groups is 1. The number of hydrogen-bond donors (Lipinski definition) is 2. The Morgan fingerprint density at radius 3 is 2.52 bits per heavy atom. The van der Waals surface area contributed by atoms with Crippen LogP contribution in [-0.4, -0.2) is 17.2 Å². The quantitative estimate of drug-likeness (QED) is 0.351. The Bertz CT molecular complexity index is 995. The molecule has 0 atom stereocenters. The van der Waals surface area contributed by atoms with Gasteiger partial charge >= 0.3 is 5.91 Å². The molecule has 0 saturated heterocycles. The number of phenolic OH excluding ortho intramolecular Hbond substituents is 1. The van der Waals surface area contributed by atoms with E-state index in [4.69, 9.17) is 27.6 Å². The van der Waals surface area contributed by atoms with E-state index in [2.05, 4.69) is 42.4 Å². The second kappa shape index (κ2) is 7.37. The van der Waals surface area contributed by atoms with Crippen molar-refractivity contribution >= 4 is 78.2 Å². The Labute approximate surface area is 168 Å². The van der Waals surface area contributed by atoms with Gasteiger partial charge < -0.3 is 9.52 Å². The van der Waals surface area contributed by atoms with Crippen LogP contribution < -0.4 is 5.43 Å². The van der Waals surface area contributed by atoms with Crippen LogP contribution >= 0.6 is 55.1 Å². The van der Waals surface area contributed by atoms with Crippen molar-refractivity contribution in [1.29, 1.82) is 0 Å². The molecule has 1 heterocycles. The minimum absolute atomic E-state index is 0.0907. The summed E-state index contributed by atoms with van der Waals surface area (Å²) < 4.78 is 7.13. The Kier molecular flexibility index (Phi) is 5.38. The van der Waals surface area contributed by atoms with E-state index in [0.29, 0.717) is 11.1 Å². The van der Waals surface area contributed by atoms with Crippen molar-refractivity contribution < 1.29 is 14.3 Å². The van der Waals surface area contributed by atoms with E-state index in [0.717, 1.165) is 14.3 Å². The second-order valence-electron chi connectivity index (χ2n) is 4.95. The van der Waals surface area contributed by atoms with E-state index in [1.165, 1.54) is 18.3 Å². The third kappa shape index (κ3) is 4.00. The van der Waals surface area contributed by atoms with Crippen LogP contribution in [0.1, 0.15) is 16.1 Å². The van der Waals surface area contributed by atoms with E-state index < -0.39 is 5.91 Å². The van der Waals surface area contributed by atoms with Crippen molar-refractivity contribution in [2.75, 3.05) is 0 Å². The SMILES string of the molecule is O=C(N/N=C\c1cc(Cl)c(O)c(Cl)c1)c1cc2cc(Br)cc(Br)c2o1. The molecule has 0 aliphatic carbocycles. The number of halogens is 4. The average Bonchev–Trinajstić information content (AvgIpc) is 2.96. The highest BCUT2D eigenvalue weighted by Crippen LogP contribution is 2.32. The highest BCUT2D eigenvalue weighted by atomic mass is 79.9. The van der Waals surface area contributed by atoms with Gasteiger partial charge in [0.05, 0.1) is 20.7 Å². The van der Waals surface area contributed by atoms with Crippen LogP contribution in [-0.2, 0) is 0 Å². The number of phenols is 1. The molecule has 128 valence electrons. The van der Waals surface area contributed by atoms with E-state index in [1.54, 1.807) is 6.07 Å². The molecule has 0 bridgehead atoms. The first-order valence-corrected chi connectivity index (χ1v) is 9.09. The molecular weight excluding hydrogens is 499 g/mol. The number of furan rings is 1. The Morgan fingerprint density at radius 1 is 1.16 bits per heavy atom. The lowest BCUT2D eigenvalue weighted by molar-refractivity contribution is 0.0929. The number of carbonyl (C=O) groups is 1. The van der Waals surface area contributed by atoms with Gasteiger partial charge in [0.15, 0.2) is 11.5 Å². The summed E-state index contributed by atoms with van der Waals surface area (Å²) in [4.78, 5) is 12.2. The predicted octanol–water partition coefficient (Wildman–Crippen LogP) is 5.73. The summed E-state index contributed by atoms with van der Waals surface area (Å²) in [6, 6.07) is 8.21.